The fourth-order valence-corrected chi connectivity index (χ4v) is 4.19. The van der Waals surface area contributed by atoms with Gasteiger partial charge in [0.15, 0.2) is 6.61 Å². The van der Waals surface area contributed by atoms with Crippen molar-refractivity contribution in [2.75, 3.05) is 16.6 Å². The Morgan fingerprint density at radius 1 is 0.844 bits per heavy atom. The van der Waals surface area contributed by atoms with E-state index in [1.165, 1.54) is 42.5 Å². The number of amides is 1. The van der Waals surface area contributed by atoms with Crippen LogP contribution in [-0.4, -0.2) is 20.9 Å². The van der Waals surface area contributed by atoms with E-state index in [1.807, 2.05) is 36.4 Å². The van der Waals surface area contributed by atoms with Crippen molar-refractivity contribution < 1.29 is 22.3 Å². The second-order valence-corrected chi connectivity index (χ2v) is 8.61. The largest absolute Gasteiger partial charge is 0.483 e. The monoisotopic (exact) mass is 450 g/mol. The highest BCUT2D eigenvalue weighted by Gasteiger charge is 2.16. The Labute approximate surface area is 184 Å². The van der Waals surface area contributed by atoms with Crippen LogP contribution in [0.15, 0.2) is 95.9 Å². The van der Waals surface area contributed by atoms with Gasteiger partial charge in [0.1, 0.15) is 11.6 Å². The van der Waals surface area contributed by atoms with Crippen LogP contribution in [0.5, 0.6) is 5.75 Å². The molecule has 0 radical (unpaired) electrons. The molecule has 0 aliphatic rings. The van der Waals surface area contributed by atoms with E-state index in [4.69, 9.17) is 4.74 Å². The van der Waals surface area contributed by atoms with Crippen LogP contribution in [0.4, 0.5) is 15.8 Å². The number of hydrogen-bond donors (Lipinski definition) is 2. The zero-order valence-electron chi connectivity index (χ0n) is 16.8. The molecule has 32 heavy (non-hydrogen) atoms. The third-order valence-corrected chi connectivity index (χ3v) is 6.06. The van der Waals surface area contributed by atoms with Gasteiger partial charge in [-0.25, -0.2) is 12.8 Å². The van der Waals surface area contributed by atoms with Gasteiger partial charge in [-0.1, -0.05) is 48.5 Å². The molecule has 0 spiro atoms. The van der Waals surface area contributed by atoms with Gasteiger partial charge in [0.25, 0.3) is 15.9 Å². The number of hydrogen-bond acceptors (Lipinski definition) is 4. The minimum atomic E-state index is -3.98. The first-order chi connectivity index (χ1) is 15.4. The Morgan fingerprint density at radius 2 is 1.53 bits per heavy atom. The average molecular weight is 450 g/mol. The van der Waals surface area contributed by atoms with Crippen LogP contribution in [-0.2, 0) is 14.8 Å². The van der Waals surface area contributed by atoms with E-state index in [1.54, 1.807) is 6.07 Å². The molecule has 0 aliphatic heterocycles. The SMILES string of the molecule is O=C(COc1cccc2ccccc12)Nc1ccc(S(=O)(=O)Nc2ccccc2F)cc1. The Hall–Kier alpha value is -3.91. The van der Waals surface area contributed by atoms with E-state index < -0.39 is 21.7 Å². The number of para-hydroxylation sites is 1. The van der Waals surface area contributed by atoms with Gasteiger partial charge < -0.3 is 10.1 Å². The molecule has 0 fully saturated rings. The summed E-state index contributed by atoms with van der Waals surface area (Å²) in [6.07, 6.45) is 0. The van der Waals surface area contributed by atoms with Gasteiger partial charge in [-0.05, 0) is 47.9 Å². The van der Waals surface area contributed by atoms with Crippen LogP contribution >= 0.6 is 0 Å². The first-order valence-electron chi connectivity index (χ1n) is 9.70. The number of anilines is 2. The molecule has 0 heterocycles. The molecule has 0 aromatic heterocycles. The lowest BCUT2D eigenvalue weighted by Gasteiger charge is -2.11. The van der Waals surface area contributed by atoms with Crippen LogP contribution in [0.1, 0.15) is 0 Å². The number of nitrogens with one attached hydrogen (secondary N) is 2. The minimum Gasteiger partial charge on any atom is -0.483 e. The highest BCUT2D eigenvalue weighted by Crippen LogP contribution is 2.25. The first kappa shape index (κ1) is 21.3. The van der Waals surface area contributed by atoms with Gasteiger partial charge in [-0.3, -0.25) is 9.52 Å². The van der Waals surface area contributed by atoms with E-state index in [-0.39, 0.29) is 17.2 Å². The smallest absolute Gasteiger partial charge is 0.262 e. The molecule has 0 saturated heterocycles. The Bertz CT molecular complexity index is 1370. The molecule has 0 aliphatic carbocycles. The lowest BCUT2D eigenvalue weighted by molar-refractivity contribution is -0.118. The molecule has 0 saturated carbocycles. The van der Waals surface area contributed by atoms with Crippen molar-refractivity contribution in [3.05, 3.63) is 96.8 Å². The van der Waals surface area contributed by atoms with Crippen molar-refractivity contribution in [3.63, 3.8) is 0 Å². The maximum atomic E-state index is 13.7. The van der Waals surface area contributed by atoms with E-state index in [0.29, 0.717) is 11.4 Å². The predicted octanol–water partition coefficient (Wildman–Crippen LogP) is 4.80. The average Bonchev–Trinajstić information content (AvgIpc) is 2.79. The Balaban J connectivity index is 1.39. The summed E-state index contributed by atoms with van der Waals surface area (Å²) >= 11 is 0. The van der Waals surface area contributed by atoms with Crippen LogP contribution in [0.2, 0.25) is 0 Å². The second-order valence-electron chi connectivity index (χ2n) is 6.92. The topological polar surface area (TPSA) is 84.5 Å². The van der Waals surface area contributed by atoms with Gasteiger partial charge in [-0.15, -0.1) is 0 Å². The molecular weight excluding hydrogens is 431 g/mol. The number of sulfonamides is 1. The first-order valence-corrected chi connectivity index (χ1v) is 11.2. The van der Waals surface area contributed by atoms with Crippen molar-refractivity contribution in [2.45, 2.75) is 4.90 Å². The normalized spacial score (nSPS) is 11.2. The lowest BCUT2D eigenvalue weighted by Crippen LogP contribution is -2.20. The standard InChI is InChI=1S/C24H19FN2O4S/c25-21-9-3-4-10-22(21)27-32(29,30)19-14-12-18(13-15-19)26-24(28)16-31-23-11-5-7-17-6-1-2-8-20(17)23/h1-15,27H,16H2,(H,26,28). The van der Waals surface area contributed by atoms with Crippen LogP contribution in [0, 0.1) is 5.82 Å². The van der Waals surface area contributed by atoms with Gasteiger partial charge in [0.2, 0.25) is 0 Å². The molecule has 0 bridgehead atoms. The molecule has 162 valence electrons. The summed E-state index contributed by atoms with van der Waals surface area (Å²) in [5.41, 5.74) is 0.261. The third kappa shape index (κ3) is 4.87. The Kier molecular flexibility index (Phi) is 6.04. The molecular formula is C24H19FN2O4S. The highest BCUT2D eigenvalue weighted by molar-refractivity contribution is 7.92. The molecule has 2 N–H and O–H groups in total. The summed E-state index contributed by atoms with van der Waals surface area (Å²) in [5.74, 6) is -0.469. The van der Waals surface area contributed by atoms with Gasteiger partial charge in [0.05, 0.1) is 10.6 Å². The third-order valence-electron chi connectivity index (χ3n) is 4.67. The summed E-state index contributed by atoms with van der Waals surface area (Å²) in [7, 11) is -3.98. The van der Waals surface area contributed by atoms with Crippen LogP contribution in [0.25, 0.3) is 10.8 Å². The minimum absolute atomic E-state index is 0.0641. The van der Waals surface area contributed by atoms with E-state index >= 15 is 0 Å². The quantitative estimate of drug-likeness (QED) is 0.424. The van der Waals surface area contributed by atoms with E-state index in [2.05, 4.69) is 10.0 Å². The number of ether oxygens (including phenoxy) is 1. The number of rotatable bonds is 7. The number of halogens is 1. The fraction of sp³-hybridized carbons (Fsp3) is 0.0417. The molecule has 6 nitrogen and oxygen atoms in total. The summed E-state index contributed by atoms with van der Waals surface area (Å²) in [6, 6.07) is 24.3. The maximum absolute atomic E-state index is 13.7. The number of fused-ring (bicyclic) bond motifs is 1. The van der Waals surface area contributed by atoms with Gasteiger partial charge in [0, 0.05) is 11.1 Å². The predicted molar refractivity (Wildman–Crippen MR) is 122 cm³/mol. The summed E-state index contributed by atoms with van der Waals surface area (Å²) in [5, 5.41) is 4.57. The van der Waals surface area contributed by atoms with E-state index in [0.717, 1.165) is 16.8 Å². The highest BCUT2D eigenvalue weighted by atomic mass is 32.2. The molecule has 0 atom stereocenters. The van der Waals surface area contributed by atoms with Gasteiger partial charge in [-0.2, -0.15) is 0 Å². The summed E-state index contributed by atoms with van der Waals surface area (Å²) in [6.45, 7) is -0.205. The lowest BCUT2D eigenvalue weighted by atomic mass is 10.1. The Morgan fingerprint density at radius 3 is 2.31 bits per heavy atom. The molecule has 4 rings (SSSR count). The maximum Gasteiger partial charge on any atom is 0.262 e. The number of benzene rings is 4. The molecule has 4 aromatic rings. The zero-order chi connectivity index (χ0) is 22.6. The van der Waals surface area contributed by atoms with Crippen LogP contribution in [0.3, 0.4) is 0 Å². The molecule has 4 aromatic carbocycles. The molecule has 8 heteroatoms. The molecule has 0 unspecified atom stereocenters. The summed E-state index contributed by atoms with van der Waals surface area (Å²) in [4.78, 5) is 12.2. The van der Waals surface area contributed by atoms with Crippen molar-refractivity contribution in [3.8, 4) is 5.75 Å². The second kappa shape index (κ2) is 9.07. The van der Waals surface area contributed by atoms with Crippen molar-refractivity contribution in [1.29, 1.82) is 0 Å². The van der Waals surface area contributed by atoms with Crippen LogP contribution < -0.4 is 14.8 Å². The zero-order valence-corrected chi connectivity index (χ0v) is 17.6. The molecule has 1 amide bonds. The van der Waals surface area contributed by atoms with Gasteiger partial charge >= 0.3 is 0 Å². The number of carbonyl (C=O) groups excluding carboxylic acids is 1. The van der Waals surface area contributed by atoms with E-state index in [9.17, 15) is 17.6 Å². The van der Waals surface area contributed by atoms with Crippen molar-refractivity contribution >= 4 is 38.1 Å². The van der Waals surface area contributed by atoms with Crippen molar-refractivity contribution in [2.24, 2.45) is 0 Å². The van der Waals surface area contributed by atoms with Crippen molar-refractivity contribution in [1.82, 2.24) is 0 Å². The number of carbonyl (C=O) groups is 1. The summed E-state index contributed by atoms with van der Waals surface area (Å²) < 4.78 is 46.5. The fourth-order valence-electron chi connectivity index (χ4n) is 3.13.